The molecule has 1 aliphatic rings. The van der Waals surface area contributed by atoms with Crippen LogP contribution in [0.3, 0.4) is 0 Å². The van der Waals surface area contributed by atoms with Crippen LogP contribution in [0.25, 0.3) is 11.2 Å². The van der Waals surface area contributed by atoms with Crippen molar-refractivity contribution in [2.24, 2.45) is 7.05 Å². The smallest absolute Gasteiger partial charge is 0.280 e. The van der Waals surface area contributed by atoms with E-state index in [2.05, 4.69) is 16.9 Å². The molecule has 0 radical (unpaired) electrons. The number of ether oxygens (including phenoxy) is 1. The lowest BCUT2D eigenvalue weighted by atomic mass is 10.4. The number of nitrogens with zero attached hydrogens (tertiary/aromatic N) is 4. The third-order valence-electron chi connectivity index (χ3n) is 3.07. The third kappa shape index (κ3) is 1.58. The van der Waals surface area contributed by atoms with Crippen LogP contribution >= 0.6 is 11.8 Å². The number of aromatic nitrogens is 4. The summed E-state index contributed by atoms with van der Waals surface area (Å²) in [4.78, 5) is 21.2. The molecule has 0 spiro atoms. The van der Waals surface area contributed by atoms with Crippen LogP contribution in [-0.2, 0) is 24.9 Å². The SMILES string of the molecule is COCc1nc2nc3n(c(=O)c2n1C)CC(C)S3. The summed E-state index contributed by atoms with van der Waals surface area (Å²) >= 11 is 1.62. The first kappa shape index (κ1) is 11.7. The van der Waals surface area contributed by atoms with Crippen LogP contribution in [-0.4, -0.2) is 31.5 Å². The van der Waals surface area contributed by atoms with Gasteiger partial charge in [0.1, 0.15) is 12.4 Å². The van der Waals surface area contributed by atoms with Crippen LogP contribution < -0.4 is 5.56 Å². The molecule has 0 aromatic carbocycles. The summed E-state index contributed by atoms with van der Waals surface area (Å²) in [5.41, 5.74) is 1.06. The van der Waals surface area contributed by atoms with E-state index in [0.717, 1.165) is 11.0 Å². The summed E-state index contributed by atoms with van der Waals surface area (Å²) in [5.74, 6) is 0.722. The van der Waals surface area contributed by atoms with Gasteiger partial charge in [0.2, 0.25) is 0 Å². The number of thioether (sulfide) groups is 1. The van der Waals surface area contributed by atoms with Gasteiger partial charge in [-0.1, -0.05) is 18.7 Å². The predicted octanol–water partition coefficient (Wildman–Crippen LogP) is 0.771. The lowest BCUT2D eigenvalue weighted by Crippen LogP contribution is -2.23. The molecule has 1 aliphatic heterocycles. The molecule has 96 valence electrons. The second kappa shape index (κ2) is 4.10. The van der Waals surface area contributed by atoms with E-state index >= 15 is 0 Å². The van der Waals surface area contributed by atoms with E-state index in [1.54, 1.807) is 28.0 Å². The van der Waals surface area contributed by atoms with Crippen molar-refractivity contribution in [2.75, 3.05) is 7.11 Å². The van der Waals surface area contributed by atoms with Crippen LogP contribution in [0.1, 0.15) is 12.7 Å². The highest BCUT2D eigenvalue weighted by molar-refractivity contribution is 7.99. The Balaban J connectivity index is 2.28. The van der Waals surface area contributed by atoms with Gasteiger partial charge >= 0.3 is 0 Å². The van der Waals surface area contributed by atoms with Crippen molar-refractivity contribution in [1.29, 1.82) is 0 Å². The molecular weight excluding hydrogens is 252 g/mol. The molecule has 6 nitrogen and oxygen atoms in total. The van der Waals surface area contributed by atoms with Gasteiger partial charge in [-0.25, -0.2) is 9.97 Å². The molecule has 3 heterocycles. The van der Waals surface area contributed by atoms with Gasteiger partial charge in [0.05, 0.1) is 0 Å². The maximum absolute atomic E-state index is 12.4. The van der Waals surface area contributed by atoms with Crippen LogP contribution in [0.4, 0.5) is 0 Å². The van der Waals surface area contributed by atoms with Gasteiger partial charge in [-0.2, -0.15) is 0 Å². The van der Waals surface area contributed by atoms with Crippen molar-refractivity contribution >= 4 is 22.9 Å². The summed E-state index contributed by atoms with van der Waals surface area (Å²) in [6.45, 7) is 3.19. The first-order valence-electron chi connectivity index (χ1n) is 5.73. The molecule has 3 rings (SSSR count). The molecule has 0 amide bonds. The summed E-state index contributed by atoms with van der Waals surface area (Å²) < 4.78 is 8.58. The Bertz CT molecular complexity index is 676. The van der Waals surface area contributed by atoms with E-state index in [1.165, 1.54) is 0 Å². The quantitative estimate of drug-likeness (QED) is 0.751. The molecule has 1 atom stereocenters. The van der Waals surface area contributed by atoms with Crippen molar-refractivity contribution in [3.63, 3.8) is 0 Å². The van der Waals surface area contributed by atoms with Crippen molar-refractivity contribution < 1.29 is 4.74 Å². The number of rotatable bonds is 2. The fraction of sp³-hybridized carbons (Fsp3) is 0.545. The first-order valence-corrected chi connectivity index (χ1v) is 6.61. The second-order valence-electron chi connectivity index (χ2n) is 4.43. The van der Waals surface area contributed by atoms with Crippen molar-refractivity contribution in [3.8, 4) is 0 Å². The van der Waals surface area contributed by atoms with Crippen molar-refractivity contribution in [1.82, 2.24) is 19.1 Å². The summed E-state index contributed by atoms with van der Waals surface area (Å²) in [6, 6.07) is 0. The maximum Gasteiger partial charge on any atom is 0.280 e. The number of fused-ring (bicyclic) bond motifs is 2. The van der Waals surface area contributed by atoms with E-state index in [0.29, 0.717) is 29.6 Å². The number of aryl methyl sites for hydroxylation is 1. The highest BCUT2D eigenvalue weighted by atomic mass is 32.2. The highest BCUT2D eigenvalue weighted by Gasteiger charge is 2.24. The molecule has 0 N–H and O–H groups in total. The number of imidazole rings is 1. The Hall–Kier alpha value is -1.34. The van der Waals surface area contributed by atoms with E-state index in [4.69, 9.17) is 4.74 Å². The molecule has 18 heavy (non-hydrogen) atoms. The third-order valence-corrected chi connectivity index (χ3v) is 4.14. The number of hydrogen-bond acceptors (Lipinski definition) is 5. The molecule has 0 bridgehead atoms. The monoisotopic (exact) mass is 266 g/mol. The van der Waals surface area contributed by atoms with Gasteiger partial charge in [0, 0.05) is 26.0 Å². The largest absolute Gasteiger partial charge is 0.377 e. The molecule has 2 aromatic heterocycles. The minimum atomic E-state index is -0.01000. The Morgan fingerprint density at radius 2 is 2.28 bits per heavy atom. The lowest BCUT2D eigenvalue weighted by molar-refractivity contribution is 0.175. The van der Waals surface area contributed by atoms with Gasteiger partial charge in [0.15, 0.2) is 16.3 Å². The van der Waals surface area contributed by atoms with E-state index < -0.39 is 0 Å². The Morgan fingerprint density at radius 3 is 3.00 bits per heavy atom. The highest BCUT2D eigenvalue weighted by Crippen LogP contribution is 2.29. The molecule has 0 fully saturated rings. The minimum absolute atomic E-state index is 0.01000. The van der Waals surface area contributed by atoms with Gasteiger partial charge in [-0.15, -0.1) is 0 Å². The van der Waals surface area contributed by atoms with Gasteiger partial charge in [0.25, 0.3) is 5.56 Å². The topological polar surface area (TPSA) is 61.9 Å². The summed E-state index contributed by atoms with van der Waals surface area (Å²) in [5, 5.41) is 1.16. The standard InChI is InChI=1S/C11H14N4O2S/c1-6-4-15-10(16)8-9(13-11(15)18-6)12-7(5-17-3)14(8)2/h6H,4-5H2,1-3H3. The Morgan fingerprint density at radius 1 is 1.50 bits per heavy atom. The molecule has 1 unspecified atom stereocenters. The minimum Gasteiger partial charge on any atom is -0.377 e. The Kier molecular flexibility index (Phi) is 2.67. The fourth-order valence-corrected chi connectivity index (χ4v) is 3.20. The summed E-state index contributed by atoms with van der Waals surface area (Å²) in [7, 11) is 3.43. The van der Waals surface area contributed by atoms with Crippen LogP contribution in [0.15, 0.2) is 9.95 Å². The van der Waals surface area contributed by atoms with Gasteiger partial charge in [-0.05, 0) is 0 Å². The van der Waals surface area contributed by atoms with E-state index in [9.17, 15) is 4.79 Å². The lowest BCUT2D eigenvalue weighted by Gasteiger charge is -2.02. The average Bonchev–Trinajstić information content (AvgIpc) is 2.82. The summed E-state index contributed by atoms with van der Waals surface area (Å²) in [6.07, 6.45) is 0. The van der Waals surface area contributed by atoms with Crippen molar-refractivity contribution in [2.45, 2.75) is 30.5 Å². The van der Waals surface area contributed by atoms with Crippen LogP contribution in [0.2, 0.25) is 0 Å². The van der Waals surface area contributed by atoms with E-state index in [1.807, 2.05) is 7.05 Å². The number of hydrogen-bond donors (Lipinski definition) is 0. The first-order chi connectivity index (χ1) is 8.61. The fourth-order valence-electron chi connectivity index (χ4n) is 2.20. The van der Waals surface area contributed by atoms with Gasteiger partial charge < -0.3 is 9.30 Å². The zero-order valence-electron chi connectivity index (χ0n) is 10.5. The van der Waals surface area contributed by atoms with Crippen LogP contribution in [0, 0.1) is 0 Å². The molecule has 2 aromatic rings. The molecule has 0 saturated heterocycles. The van der Waals surface area contributed by atoms with Crippen molar-refractivity contribution in [3.05, 3.63) is 16.2 Å². The zero-order chi connectivity index (χ0) is 12.9. The van der Waals surface area contributed by atoms with Gasteiger partial charge in [-0.3, -0.25) is 9.36 Å². The normalized spacial score (nSPS) is 18.5. The molecule has 0 aliphatic carbocycles. The molecular formula is C11H14N4O2S. The predicted molar refractivity (Wildman–Crippen MR) is 68.8 cm³/mol. The average molecular weight is 266 g/mol. The maximum atomic E-state index is 12.4. The van der Waals surface area contributed by atoms with Crippen LogP contribution in [0.5, 0.6) is 0 Å². The second-order valence-corrected chi connectivity index (χ2v) is 5.84. The zero-order valence-corrected chi connectivity index (χ0v) is 11.3. The number of methoxy groups -OCH3 is 1. The Labute approximate surface area is 108 Å². The molecule has 0 saturated carbocycles. The van der Waals surface area contributed by atoms with E-state index in [-0.39, 0.29) is 5.56 Å². The molecule has 7 heteroatoms.